The topological polar surface area (TPSA) is 39.2 Å². The van der Waals surface area contributed by atoms with Gasteiger partial charge < -0.3 is 10.2 Å². The molecular weight excluding hydrogens is 174 g/mol. The van der Waals surface area contributed by atoms with Gasteiger partial charge in [-0.25, -0.2) is 0 Å². The number of hydrogen-bond acceptors (Lipinski definition) is 2. The largest absolute Gasteiger partial charge is 0.467 e. The maximum Gasteiger partial charge on any atom is 0.131 e. The molecule has 2 heteroatoms. The van der Waals surface area contributed by atoms with E-state index >= 15 is 0 Å². The molecule has 1 aliphatic rings. The van der Waals surface area contributed by atoms with Crippen LogP contribution in [0.4, 0.5) is 0 Å². The molecule has 2 atom stereocenters. The van der Waals surface area contributed by atoms with Gasteiger partial charge in [0.15, 0.2) is 0 Å². The summed E-state index contributed by atoms with van der Waals surface area (Å²) in [5.41, 5.74) is 7.08. The molecule has 2 unspecified atom stereocenters. The highest BCUT2D eigenvalue weighted by Gasteiger charge is 2.38. The van der Waals surface area contributed by atoms with Crippen LogP contribution >= 0.6 is 0 Å². The smallest absolute Gasteiger partial charge is 0.131 e. The van der Waals surface area contributed by atoms with Gasteiger partial charge in [-0.1, -0.05) is 26.0 Å². The van der Waals surface area contributed by atoms with E-state index in [9.17, 15) is 0 Å². The molecule has 1 heterocycles. The predicted octanol–water partition coefficient (Wildman–Crippen LogP) is 2.75. The molecule has 1 aromatic heterocycles. The molecule has 2 nitrogen and oxygen atoms in total. The zero-order valence-electron chi connectivity index (χ0n) is 8.95. The average molecular weight is 191 g/mol. The number of rotatable bonds is 1. The SMILES string of the molecule is CC(C)C1C=Cc2ccoc2C1(C)N. The molecule has 0 saturated carbocycles. The van der Waals surface area contributed by atoms with Gasteiger partial charge in [0.1, 0.15) is 5.76 Å². The van der Waals surface area contributed by atoms with Crippen LogP contribution in [0.1, 0.15) is 32.1 Å². The van der Waals surface area contributed by atoms with Crippen molar-refractivity contribution in [2.75, 3.05) is 0 Å². The van der Waals surface area contributed by atoms with Crippen LogP contribution in [-0.2, 0) is 5.54 Å². The summed E-state index contributed by atoms with van der Waals surface area (Å²) in [6, 6.07) is 1.97. The molecule has 0 spiro atoms. The summed E-state index contributed by atoms with van der Waals surface area (Å²) in [7, 11) is 0. The Bertz CT molecular complexity index is 360. The molecule has 1 aromatic rings. The van der Waals surface area contributed by atoms with E-state index in [1.165, 1.54) is 0 Å². The summed E-state index contributed by atoms with van der Waals surface area (Å²) >= 11 is 0. The summed E-state index contributed by atoms with van der Waals surface area (Å²) < 4.78 is 5.48. The van der Waals surface area contributed by atoms with E-state index in [2.05, 4.69) is 26.0 Å². The number of nitrogens with two attached hydrogens (primary N) is 1. The van der Waals surface area contributed by atoms with Crippen molar-refractivity contribution >= 4 is 6.08 Å². The third kappa shape index (κ3) is 1.22. The minimum Gasteiger partial charge on any atom is -0.467 e. The lowest BCUT2D eigenvalue weighted by atomic mass is 9.73. The molecule has 1 aliphatic carbocycles. The second-order valence-electron chi connectivity index (χ2n) is 4.62. The van der Waals surface area contributed by atoms with Gasteiger partial charge in [-0.15, -0.1) is 0 Å². The molecule has 0 radical (unpaired) electrons. The minimum absolute atomic E-state index is 0.348. The fraction of sp³-hybridized carbons (Fsp3) is 0.500. The Labute approximate surface area is 84.8 Å². The molecular formula is C12H17NO. The van der Waals surface area contributed by atoms with Crippen molar-refractivity contribution in [2.24, 2.45) is 17.6 Å². The first-order valence-electron chi connectivity index (χ1n) is 5.08. The Balaban J connectivity index is 2.48. The van der Waals surface area contributed by atoms with Crippen molar-refractivity contribution in [1.29, 1.82) is 0 Å². The van der Waals surface area contributed by atoms with Crippen molar-refractivity contribution in [2.45, 2.75) is 26.3 Å². The van der Waals surface area contributed by atoms with Gasteiger partial charge in [-0.05, 0) is 18.9 Å². The number of furan rings is 1. The second-order valence-corrected chi connectivity index (χ2v) is 4.62. The predicted molar refractivity (Wildman–Crippen MR) is 57.6 cm³/mol. The quantitative estimate of drug-likeness (QED) is 0.741. The molecule has 2 N–H and O–H groups in total. The van der Waals surface area contributed by atoms with Crippen LogP contribution in [0.25, 0.3) is 6.08 Å². The van der Waals surface area contributed by atoms with Gasteiger partial charge in [0.25, 0.3) is 0 Å². The molecule has 0 aromatic carbocycles. The first-order chi connectivity index (χ1) is 6.53. The zero-order valence-corrected chi connectivity index (χ0v) is 8.95. The summed E-state index contributed by atoms with van der Waals surface area (Å²) in [5, 5.41) is 0. The van der Waals surface area contributed by atoms with Crippen molar-refractivity contribution in [3.05, 3.63) is 29.7 Å². The van der Waals surface area contributed by atoms with E-state index in [0.717, 1.165) is 11.3 Å². The lowest BCUT2D eigenvalue weighted by Crippen LogP contribution is -2.44. The minimum atomic E-state index is -0.373. The van der Waals surface area contributed by atoms with Crippen molar-refractivity contribution in [3.8, 4) is 0 Å². The van der Waals surface area contributed by atoms with Crippen LogP contribution in [0.2, 0.25) is 0 Å². The molecule has 76 valence electrons. The van der Waals surface area contributed by atoms with Gasteiger partial charge in [0.05, 0.1) is 11.8 Å². The number of hydrogen-bond donors (Lipinski definition) is 1. The molecule has 0 bridgehead atoms. The summed E-state index contributed by atoms with van der Waals surface area (Å²) in [4.78, 5) is 0. The first kappa shape index (κ1) is 9.53. The van der Waals surface area contributed by atoms with E-state index in [1.807, 2.05) is 13.0 Å². The van der Waals surface area contributed by atoms with Crippen LogP contribution in [0, 0.1) is 11.8 Å². The standard InChI is InChI=1S/C12H17NO/c1-8(2)10-5-4-9-6-7-14-11(9)12(10,3)13/h4-8,10H,13H2,1-3H3. The van der Waals surface area contributed by atoms with E-state index < -0.39 is 0 Å². The maximum absolute atomic E-state index is 6.33. The monoisotopic (exact) mass is 191 g/mol. The normalized spacial score (nSPS) is 30.8. The molecule has 2 rings (SSSR count). The molecule has 0 saturated heterocycles. The van der Waals surface area contributed by atoms with Crippen LogP contribution in [0.5, 0.6) is 0 Å². The Morgan fingerprint density at radius 1 is 1.50 bits per heavy atom. The van der Waals surface area contributed by atoms with E-state index in [1.54, 1.807) is 6.26 Å². The third-order valence-corrected chi connectivity index (χ3v) is 3.08. The summed E-state index contributed by atoms with van der Waals surface area (Å²) in [6.07, 6.45) is 6.02. The highest BCUT2D eigenvalue weighted by molar-refractivity contribution is 5.56. The number of fused-ring (bicyclic) bond motifs is 1. The Morgan fingerprint density at radius 2 is 2.21 bits per heavy atom. The Morgan fingerprint density at radius 3 is 2.86 bits per heavy atom. The summed E-state index contributed by atoms with van der Waals surface area (Å²) in [6.45, 7) is 6.42. The molecule has 0 amide bonds. The maximum atomic E-state index is 6.33. The van der Waals surface area contributed by atoms with Crippen molar-refractivity contribution < 1.29 is 4.42 Å². The van der Waals surface area contributed by atoms with Crippen LogP contribution < -0.4 is 5.73 Å². The van der Waals surface area contributed by atoms with Crippen molar-refractivity contribution in [3.63, 3.8) is 0 Å². The molecule has 0 fully saturated rings. The summed E-state index contributed by atoms with van der Waals surface area (Å²) in [5.74, 6) is 1.79. The van der Waals surface area contributed by atoms with Gasteiger partial charge in [-0.3, -0.25) is 0 Å². The fourth-order valence-corrected chi connectivity index (χ4v) is 2.36. The third-order valence-electron chi connectivity index (χ3n) is 3.08. The van der Waals surface area contributed by atoms with E-state index in [0.29, 0.717) is 11.8 Å². The second kappa shape index (κ2) is 2.99. The highest BCUT2D eigenvalue weighted by Crippen LogP contribution is 2.39. The zero-order chi connectivity index (χ0) is 10.3. The fourth-order valence-electron chi connectivity index (χ4n) is 2.36. The van der Waals surface area contributed by atoms with Gasteiger partial charge in [0.2, 0.25) is 0 Å². The van der Waals surface area contributed by atoms with Gasteiger partial charge in [0, 0.05) is 11.5 Å². The van der Waals surface area contributed by atoms with E-state index in [4.69, 9.17) is 10.2 Å². The Kier molecular flexibility index (Phi) is 2.04. The Hall–Kier alpha value is -1.02. The van der Waals surface area contributed by atoms with Crippen LogP contribution in [0.3, 0.4) is 0 Å². The lowest BCUT2D eigenvalue weighted by molar-refractivity contribution is 0.236. The van der Waals surface area contributed by atoms with Gasteiger partial charge >= 0.3 is 0 Å². The van der Waals surface area contributed by atoms with Gasteiger partial charge in [-0.2, -0.15) is 0 Å². The highest BCUT2D eigenvalue weighted by atomic mass is 16.3. The van der Waals surface area contributed by atoms with Crippen LogP contribution in [0.15, 0.2) is 22.8 Å². The first-order valence-corrected chi connectivity index (χ1v) is 5.08. The molecule has 0 aliphatic heterocycles. The van der Waals surface area contributed by atoms with Crippen molar-refractivity contribution in [1.82, 2.24) is 0 Å². The average Bonchev–Trinajstić information content (AvgIpc) is 2.51. The van der Waals surface area contributed by atoms with E-state index in [-0.39, 0.29) is 5.54 Å². The van der Waals surface area contributed by atoms with Crippen LogP contribution in [-0.4, -0.2) is 0 Å². The lowest BCUT2D eigenvalue weighted by Gasteiger charge is -2.36. The molecule has 14 heavy (non-hydrogen) atoms.